The Labute approximate surface area is 144 Å². The van der Waals surface area contributed by atoms with Gasteiger partial charge in [0.25, 0.3) is 0 Å². The summed E-state index contributed by atoms with van der Waals surface area (Å²) in [4.78, 5) is 15.4. The second-order valence-corrected chi connectivity index (χ2v) is 7.82. The molecule has 0 aromatic heterocycles. The van der Waals surface area contributed by atoms with E-state index in [0.29, 0.717) is 6.61 Å². The van der Waals surface area contributed by atoms with Crippen LogP contribution >= 0.6 is 0 Å². The van der Waals surface area contributed by atoms with Crippen molar-refractivity contribution in [2.45, 2.75) is 44.9 Å². The number of hydrogen-bond donors (Lipinski definition) is 1. The van der Waals surface area contributed by atoms with Gasteiger partial charge in [-0.3, -0.25) is 4.79 Å². The Kier molecular flexibility index (Phi) is 4.49. The first-order chi connectivity index (χ1) is 11.8. The van der Waals surface area contributed by atoms with Crippen LogP contribution in [-0.2, 0) is 4.79 Å². The number of ether oxygens (including phenoxy) is 1. The fourth-order valence-electron chi connectivity index (χ4n) is 4.50. The van der Waals surface area contributed by atoms with Crippen LogP contribution in [0.5, 0.6) is 5.75 Å². The zero-order valence-electron chi connectivity index (χ0n) is 14.4. The Morgan fingerprint density at radius 2 is 1.88 bits per heavy atom. The van der Waals surface area contributed by atoms with Crippen molar-refractivity contribution in [1.29, 1.82) is 0 Å². The second-order valence-electron chi connectivity index (χ2n) is 7.82. The number of para-hydroxylation sites is 2. The van der Waals surface area contributed by atoms with Gasteiger partial charge in [0, 0.05) is 6.54 Å². The molecule has 24 heavy (non-hydrogen) atoms. The van der Waals surface area contributed by atoms with E-state index in [0.717, 1.165) is 43.3 Å². The van der Waals surface area contributed by atoms with Crippen LogP contribution in [0.3, 0.4) is 0 Å². The van der Waals surface area contributed by atoms with Gasteiger partial charge < -0.3 is 15.0 Å². The van der Waals surface area contributed by atoms with Crippen molar-refractivity contribution < 1.29 is 9.53 Å². The number of benzene rings is 1. The van der Waals surface area contributed by atoms with Gasteiger partial charge in [-0.1, -0.05) is 31.4 Å². The van der Waals surface area contributed by atoms with Crippen LogP contribution in [0.4, 0.5) is 5.69 Å². The smallest absolute Gasteiger partial charge is 0.234 e. The molecule has 1 aliphatic carbocycles. The molecule has 1 N–H and O–H groups in total. The molecule has 1 spiro atoms. The maximum Gasteiger partial charge on any atom is 0.234 e. The van der Waals surface area contributed by atoms with E-state index in [-0.39, 0.29) is 11.3 Å². The molecule has 2 heterocycles. The molecule has 2 fully saturated rings. The zero-order chi connectivity index (χ0) is 16.4. The summed E-state index contributed by atoms with van der Waals surface area (Å²) in [7, 11) is 0. The number of anilines is 1. The molecular formula is C20H28N2O2. The van der Waals surface area contributed by atoms with E-state index in [4.69, 9.17) is 4.74 Å². The average molecular weight is 328 g/mol. The van der Waals surface area contributed by atoms with Gasteiger partial charge in [-0.15, -0.1) is 0 Å². The van der Waals surface area contributed by atoms with Crippen LogP contribution in [-0.4, -0.2) is 37.0 Å². The molecule has 1 amide bonds. The van der Waals surface area contributed by atoms with Crippen molar-refractivity contribution >= 4 is 11.6 Å². The van der Waals surface area contributed by atoms with Gasteiger partial charge in [-0.2, -0.15) is 0 Å². The normalized spacial score (nSPS) is 24.8. The molecule has 4 rings (SSSR count). The number of nitrogens with one attached hydrogen (secondary N) is 1. The van der Waals surface area contributed by atoms with E-state index >= 15 is 0 Å². The Morgan fingerprint density at radius 3 is 2.67 bits per heavy atom. The highest BCUT2D eigenvalue weighted by Crippen LogP contribution is 2.39. The van der Waals surface area contributed by atoms with E-state index in [1.807, 2.05) is 24.3 Å². The minimum Gasteiger partial charge on any atom is -0.490 e. The molecule has 4 nitrogen and oxygen atoms in total. The van der Waals surface area contributed by atoms with Crippen molar-refractivity contribution in [3.05, 3.63) is 24.3 Å². The molecule has 4 heteroatoms. The average Bonchev–Trinajstić information content (AvgIpc) is 2.76. The summed E-state index contributed by atoms with van der Waals surface area (Å²) >= 11 is 0. The number of likely N-dealkylation sites (tertiary alicyclic amines) is 1. The number of nitrogens with zero attached hydrogens (tertiary/aromatic N) is 1. The van der Waals surface area contributed by atoms with Gasteiger partial charge in [0.15, 0.2) is 0 Å². The molecule has 1 aromatic carbocycles. The SMILES string of the molecule is O=C1Nc2ccccc2OCC12CCN(CC1CCCCC1)CC2. The molecular weight excluding hydrogens is 300 g/mol. The number of piperidine rings is 1. The van der Waals surface area contributed by atoms with E-state index < -0.39 is 0 Å². The van der Waals surface area contributed by atoms with Crippen LogP contribution in [0.2, 0.25) is 0 Å². The highest BCUT2D eigenvalue weighted by Gasteiger charge is 2.44. The van der Waals surface area contributed by atoms with Crippen molar-refractivity contribution in [2.24, 2.45) is 11.3 Å². The standard InChI is InChI=1S/C20H28N2O2/c23-19-20(15-24-18-9-5-4-8-17(18)21-19)10-12-22(13-11-20)14-16-6-2-1-3-7-16/h4-5,8-9,16H,1-3,6-7,10-15H2,(H,21,23). The summed E-state index contributed by atoms with van der Waals surface area (Å²) in [5.41, 5.74) is 0.450. The van der Waals surface area contributed by atoms with Gasteiger partial charge in [0.1, 0.15) is 12.4 Å². The Morgan fingerprint density at radius 1 is 1.12 bits per heavy atom. The van der Waals surface area contributed by atoms with Crippen LogP contribution in [0.15, 0.2) is 24.3 Å². The molecule has 0 unspecified atom stereocenters. The predicted octanol–water partition coefficient (Wildman–Crippen LogP) is 3.68. The third-order valence-corrected chi connectivity index (χ3v) is 6.18. The quantitative estimate of drug-likeness (QED) is 0.900. The molecule has 1 saturated heterocycles. The van der Waals surface area contributed by atoms with E-state index in [1.165, 1.54) is 38.6 Å². The molecule has 0 bridgehead atoms. The lowest BCUT2D eigenvalue weighted by Crippen LogP contribution is -2.49. The second kappa shape index (κ2) is 6.75. The summed E-state index contributed by atoms with van der Waals surface area (Å²) in [6.07, 6.45) is 8.80. The van der Waals surface area contributed by atoms with E-state index in [2.05, 4.69) is 10.2 Å². The Bertz CT molecular complexity index is 587. The summed E-state index contributed by atoms with van der Waals surface area (Å²) in [6.45, 7) is 3.76. The van der Waals surface area contributed by atoms with Crippen LogP contribution in [0.1, 0.15) is 44.9 Å². The lowest BCUT2D eigenvalue weighted by atomic mass is 9.77. The topological polar surface area (TPSA) is 41.6 Å². The van der Waals surface area contributed by atoms with Crippen molar-refractivity contribution in [2.75, 3.05) is 31.6 Å². The number of fused-ring (bicyclic) bond motifs is 1. The summed E-state index contributed by atoms with van der Waals surface area (Å²) in [5.74, 6) is 1.81. The minimum absolute atomic E-state index is 0.143. The first kappa shape index (κ1) is 15.9. The molecule has 0 atom stereocenters. The molecule has 0 radical (unpaired) electrons. The molecule has 2 aliphatic heterocycles. The van der Waals surface area contributed by atoms with Crippen LogP contribution in [0.25, 0.3) is 0 Å². The molecule has 3 aliphatic rings. The maximum absolute atomic E-state index is 12.8. The number of amides is 1. The third kappa shape index (κ3) is 3.16. The maximum atomic E-state index is 12.8. The fourth-order valence-corrected chi connectivity index (χ4v) is 4.50. The van der Waals surface area contributed by atoms with Gasteiger partial charge in [0.2, 0.25) is 5.91 Å². The fraction of sp³-hybridized carbons (Fsp3) is 0.650. The van der Waals surface area contributed by atoms with Crippen molar-refractivity contribution in [3.63, 3.8) is 0 Å². The first-order valence-corrected chi connectivity index (χ1v) is 9.51. The van der Waals surface area contributed by atoms with E-state index in [9.17, 15) is 4.79 Å². The number of carbonyl (C=O) groups excluding carboxylic acids is 1. The first-order valence-electron chi connectivity index (χ1n) is 9.51. The van der Waals surface area contributed by atoms with Gasteiger partial charge in [0.05, 0.1) is 11.1 Å². The van der Waals surface area contributed by atoms with Gasteiger partial charge in [-0.25, -0.2) is 0 Å². The predicted molar refractivity (Wildman–Crippen MR) is 95.2 cm³/mol. The lowest BCUT2D eigenvalue weighted by molar-refractivity contribution is -0.130. The van der Waals surface area contributed by atoms with Gasteiger partial charge >= 0.3 is 0 Å². The third-order valence-electron chi connectivity index (χ3n) is 6.18. The molecule has 1 aromatic rings. The molecule has 130 valence electrons. The van der Waals surface area contributed by atoms with E-state index in [1.54, 1.807) is 0 Å². The van der Waals surface area contributed by atoms with Crippen LogP contribution in [0, 0.1) is 11.3 Å². The highest BCUT2D eigenvalue weighted by molar-refractivity contribution is 5.97. The summed E-state index contributed by atoms with van der Waals surface area (Å²) in [6, 6.07) is 7.75. The minimum atomic E-state index is -0.359. The number of hydrogen-bond acceptors (Lipinski definition) is 3. The zero-order valence-corrected chi connectivity index (χ0v) is 14.4. The monoisotopic (exact) mass is 328 g/mol. The highest BCUT2D eigenvalue weighted by atomic mass is 16.5. The van der Waals surface area contributed by atoms with Gasteiger partial charge in [-0.05, 0) is 56.8 Å². The number of rotatable bonds is 2. The van der Waals surface area contributed by atoms with Crippen molar-refractivity contribution in [3.8, 4) is 5.75 Å². The van der Waals surface area contributed by atoms with Crippen LogP contribution < -0.4 is 10.1 Å². The summed E-state index contributed by atoms with van der Waals surface area (Å²) < 4.78 is 6.00. The number of carbonyl (C=O) groups is 1. The van der Waals surface area contributed by atoms with Crippen molar-refractivity contribution in [1.82, 2.24) is 4.90 Å². The Balaban J connectivity index is 1.38. The Hall–Kier alpha value is -1.55. The summed E-state index contributed by atoms with van der Waals surface area (Å²) in [5, 5.41) is 3.10. The largest absolute Gasteiger partial charge is 0.490 e. The lowest BCUT2D eigenvalue weighted by Gasteiger charge is -2.40. The molecule has 1 saturated carbocycles.